The lowest BCUT2D eigenvalue weighted by molar-refractivity contribution is -0.173. The number of nitrogens with zero attached hydrogens (tertiary/aromatic N) is 2. The van der Waals surface area contributed by atoms with Gasteiger partial charge in [-0.05, 0) is 79.1 Å². The maximum Gasteiger partial charge on any atom is 0.235 e. The number of anilines is 1. The van der Waals surface area contributed by atoms with E-state index in [4.69, 9.17) is 4.74 Å². The molecule has 3 aromatic carbocycles. The third kappa shape index (κ3) is 3.51. The highest BCUT2D eigenvalue weighted by molar-refractivity contribution is 9.09. The van der Waals surface area contributed by atoms with Crippen molar-refractivity contribution in [3.63, 3.8) is 0 Å². The number of alkyl halides is 1. The van der Waals surface area contributed by atoms with Crippen LogP contribution in [0.5, 0.6) is 11.5 Å². The number of piperidine rings is 1. The minimum Gasteiger partial charge on any atom is -0.504 e. The molecule has 1 saturated carbocycles. The second kappa shape index (κ2) is 9.10. The number of phenolic OH excluding ortho intramolecular Hbond substituents is 1. The smallest absolute Gasteiger partial charge is 0.235 e. The predicted octanol–water partition coefficient (Wildman–Crippen LogP) is 5.43. The summed E-state index contributed by atoms with van der Waals surface area (Å²) < 4.78 is 9.29. The lowest BCUT2D eigenvalue weighted by Gasteiger charge is -2.63. The molecule has 43 heavy (non-hydrogen) atoms. The molecule has 3 heterocycles. The summed E-state index contributed by atoms with van der Waals surface area (Å²) in [5.41, 5.74) is 5.88. The number of hydrogen-bond donors (Lipinski definition) is 3. The number of amides is 1. The lowest BCUT2D eigenvalue weighted by Crippen LogP contribution is -2.74. The summed E-state index contributed by atoms with van der Waals surface area (Å²) in [7, 11) is 0. The number of benzene rings is 3. The second-order valence-electron chi connectivity index (χ2n) is 13.3. The zero-order valence-corrected chi connectivity index (χ0v) is 25.4. The number of likely N-dealkylation sites (tertiary alicyclic amines) is 1. The first-order chi connectivity index (χ1) is 20.9. The Morgan fingerprint density at radius 1 is 1.09 bits per heavy atom. The summed E-state index contributed by atoms with van der Waals surface area (Å²) in [6.07, 6.45) is 4.30. The van der Waals surface area contributed by atoms with Gasteiger partial charge in [0, 0.05) is 47.7 Å². The normalized spacial score (nSPS) is 28.3. The summed E-state index contributed by atoms with van der Waals surface area (Å²) in [5, 5.41) is 28.6. The molecule has 9 rings (SSSR count). The van der Waals surface area contributed by atoms with Gasteiger partial charge in [0.25, 0.3) is 0 Å². The molecule has 3 aliphatic carbocycles. The second-order valence-corrected chi connectivity index (χ2v) is 13.8. The first kappa shape index (κ1) is 26.1. The van der Waals surface area contributed by atoms with E-state index in [-0.39, 0.29) is 23.0 Å². The van der Waals surface area contributed by atoms with Crippen LogP contribution in [0.2, 0.25) is 0 Å². The standard InChI is InChI=1S/C35H34BrN3O4/c36-17-29(41)37-23-10-7-21(8-11-23)19-39-26-4-2-1-3-24(26)25-16-35(42)28-15-22-9-12-27(40)32-30(22)34(35,33(43-32)31(25)39)13-14-38(28)18-20-5-6-20/h1-4,7-12,20,28,33,40,42H,5-6,13-19H2,(H,37,41)/t28-,33-,34-,35+/m0/s1. The Morgan fingerprint density at radius 3 is 2.70 bits per heavy atom. The van der Waals surface area contributed by atoms with E-state index < -0.39 is 17.1 Å². The van der Waals surface area contributed by atoms with Gasteiger partial charge in [0.05, 0.1) is 22.0 Å². The van der Waals surface area contributed by atoms with E-state index in [1.54, 1.807) is 6.07 Å². The van der Waals surface area contributed by atoms with E-state index in [1.165, 1.54) is 18.4 Å². The van der Waals surface area contributed by atoms with Gasteiger partial charge in [0.1, 0.15) is 0 Å². The number of aromatic nitrogens is 1. The first-order valence-electron chi connectivity index (χ1n) is 15.4. The highest BCUT2D eigenvalue weighted by Crippen LogP contribution is 2.69. The summed E-state index contributed by atoms with van der Waals surface area (Å²) in [5.74, 6) is 1.38. The number of aliphatic hydroxyl groups is 1. The number of nitrogens with one attached hydrogen (secondary N) is 1. The Kier molecular flexibility index (Phi) is 5.52. The Hall–Kier alpha value is -3.33. The highest BCUT2D eigenvalue weighted by Gasteiger charge is 2.73. The molecule has 3 N–H and O–H groups in total. The minimum atomic E-state index is -1.01. The van der Waals surface area contributed by atoms with E-state index in [0.717, 1.165) is 70.8 Å². The third-order valence-electron chi connectivity index (χ3n) is 11.0. The number of hydrogen-bond acceptors (Lipinski definition) is 5. The van der Waals surface area contributed by atoms with E-state index in [9.17, 15) is 15.0 Å². The van der Waals surface area contributed by atoms with Crippen molar-refractivity contribution in [2.75, 3.05) is 23.7 Å². The van der Waals surface area contributed by atoms with Crippen LogP contribution in [0.1, 0.15) is 53.3 Å². The molecular weight excluding hydrogens is 606 g/mol. The van der Waals surface area contributed by atoms with E-state index in [1.807, 2.05) is 12.1 Å². The number of carbonyl (C=O) groups excluding carboxylic acids is 1. The summed E-state index contributed by atoms with van der Waals surface area (Å²) in [6, 6.07) is 20.4. The maximum atomic E-state index is 13.2. The quantitative estimate of drug-likeness (QED) is 0.245. The van der Waals surface area contributed by atoms with Gasteiger partial charge in [-0.1, -0.05) is 52.3 Å². The molecular formula is C35H34BrN3O4. The van der Waals surface area contributed by atoms with E-state index in [0.29, 0.717) is 18.7 Å². The van der Waals surface area contributed by atoms with Crippen molar-refractivity contribution in [3.8, 4) is 11.5 Å². The fourth-order valence-electron chi connectivity index (χ4n) is 9.04. The van der Waals surface area contributed by atoms with Gasteiger partial charge < -0.3 is 24.8 Å². The van der Waals surface area contributed by atoms with Crippen LogP contribution in [0, 0.1) is 5.92 Å². The highest BCUT2D eigenvalue weighted by atomic mass is 79.9. The van der Waals surface area contributed by atoms with Crippen LogP contribution >= 0.6 is 15.9 Å². The number of aromatic hydroxyl groups is 1. The van der Waals surface area contributed by atoms with Crippen LogP contribution in [0.25, 0.3) is 10.9 Å². The summed E-state index contributed by atoms with van der Waals surface area (Å²) in [4.78, 5) is 14.5. The number of halogens is 1. The van der Waals surface area contributed by atoms with Crippen molar-refractivity contribution in [1.29, 1.82) is 0 Å². The van der Waals surface area contributed by atoms with Crippen LogP contribution in [0.4, 0.5) is 5.69 Å². The van der Waals surface area contributed by atoms with Gasteiger partial charge in [0.15, 0.2) is 17.6 Å². The molecule has 1 spiro atoms. The molecule has 4 atom stereocenters. The van der Waals surface area contributed by atoms with Gasteiger partial charge in [-0.25, -0.2) is 0 Å². The molecule has 2 aliphatic heterocycles. The Bertz CT molecular complexity index is 1810. The fraction of sp³-hybridized carbons (Fsp3) is 0.400. The van der Waals surface area contributed by atoms with Gasteiger partial charge in [0.2, 0.25) is 5.91 Å². The van der Waals surface area contributed by atoms with Crippen molar-refractivity contribution < 1.29 is 19.7 Å². The molecule has 1 aromatic heterocycles. The number of phenols is 1. The average molecular weight is 641 g/mol. The molecule has 0 radical (unpaired) electrons. The van der Waals surface area contributed by atoms with Crippen LogP contribution in [0.15, 0.2) is 60.7 Å². The minimum absolute atomic E-state index is 0.00785. The molecule has 2 fully saturated rings. The molecule has 0 unspecified atom stereocenters. The van der Waals surface area contributed by atoms with E-state index >= 15 is 0 Å². The summed E-state index contributed by atoms with van der Waals surface area (Å²) in [6.45, 7) is 2.61. The SMILES string of the molecule is O=C(CBr)Nc1ccc(Cn2c3c(c4ccccc42)C[C@@]2(O)[C@@H]4Cc5ccc(O)c6c5[C@@]2(CCN4CC2CC2)[C@H]3O6)cc1. The Balaban J connectivity index is 1.22. The number of rotatable bonds is 6. The van der Waals surface area contributed by atoms with Crippen LogP contribution in [-0.2, 0) is 29.6 Å². The maximum absolute atomic E-state index is 13.2. The zero-order chi connectivity index (χ0) is 29.1. The molecule has 1 saturated heterocycles. The number of fused-ring (bicyclic) bond motifs is 4. The van der Waals surface area contributed by atoms with Crippen LogP contribution < -0.4 is 10.1 Å². The Morgan fingerprint density at radius 2 is 1.91 bits per heavy atom. The number of carbonyl (C=O) groups is 1. The van der Waals surface area contributed by atoms with Crippen molar-refractivity contribution >= 4 is 38.4 Å². The monoisotopic (exact) mass is 639 g/mol. The molecule has 1 amide bonds. The van der Waals surface area contributed by atoms with E-state index in [2.05, 4.69) is 73.2 Å². The predicted molar refractivity (Wildman–Crippen MR) is 168 cm³/mol. The third-order valence-corrected chi connectivity index (χ3v) is 11.5. The molecule has 2 bridgehead atoms. The molecule has 8 heteroatoms. The number of para-hydroxylation sites is 1. The van der Waals surface area contributed by atoms with Crippen LogP contribution in [-0.4, -0.2) is 55.6 Å². The van der Waals surface area contributed by atoms with Crippen molar-refractivity contribution in [2.24, 2.45) is 5.92 Å². The van der Waals surface area contributed by atoms with Crippen LogP contribution in [0.3, 0.4) is 0 Å². The average Bonchev–Trinajstić information content (AvgIpc) is 3.69. The summed E-state index contributed by atoms with van der Waals surface area (Å²) >= 11 is 3.21. The topological polar surface area (TPSA) is 87.0 Å². The van der Waals surface area contributed by atoms with Crippen molar-refractivity contribution in [2.45, 2.75) is 61.8 Å². The van der Waals surface area contributed by atoms with Crippen molar-refractivity contribution in [1.82, 2.24) is 9.47 Å². The van der Waals surface area contributed by atoms with Crippen molar-refractivity contribution in [3.05, 3.63) is 88.6 Å². The zero-order valence-electron chi connectivity index (χ0n) is 23.9. The van der Waals surface area contributed by atoms with Gasteiger partial charge >= 0.3 is 0 Å². The molecule has 4 aromatic rings. The number of ether oxygens (including phenoxy) is 1. The van der Waals surface area contributed by atoms with Gasteiger partial charge in [-0.3, -0.25) is 9.69 Å². The molecule has 5 aliphatic rings. The first-order valence-corrected chi connectivity index (χ1v) is 16.6. The molecule has 220 valence electrons. The van der Waals surface area contributed by atoms with Gasteiger partial charge in [-0.2, -0.15) is 0 Å². The molecule has 7 nitrogen and oxygen atoms in total. The lowest BCUT2D eigenvalue weighted by atomic mass is 9.49. The fourth-order valence-corrected chi connectivity index (χ4v) is 9.18. The Labute approximate surface area is 258 Å². The van der Waals surface area contributed by atoms with Gasteiger partial charge in [-0.15, -0.1) is 0 Å². The largest absolute Gasteiger partial charge is 0.504 e.